The fraction of sp³-hybridized carbons (Fsp3) is 0.348. The Balaban J connectivity index is 1.55. The van der Waals surface area contributed by atoms with Crippen molar-refractivity contribution in [3.63, 3.8) is 0 Å². The molecule has 1 atom stereocenters. The predicted octanol–water partition coefficient (Wildman–Crippen LogP) is 4.71. The lowest BCUT2D eigenvalue weighted by atomic mass is 10.1. The third-order valence-electron chi connectivity index (χ3n) is 5.57. The maximum Gasteiger partial charge on any atom is 0.262 e. The molecule has 0 fully saturated rings. The first-order valence-corrected chi connectivity index (χ1v) is 14.0. The molecule has 0 saturated carbocycles. The largest absolute Gasteiger partial charge is 0.361 e. The van der Waals surface area contributed by atoms with Crippen LogP contribution in [0.3, 0.4) is 0 Å². The van der Waals surface area contributed by atoms with Crippen molar-refractivity contribution < 1.29 is 14.3 Å². The third-order valence-corrected chi connectivity index (χ3v) is 7.27. The first kappa shape index (κ1) is 20.5. The molecule has 2 heterocycles. The maximum atomic E-state index is 12.8. The summed E-state index contributed by atoms with van der Waals surface area (Å²) in [5, 5.41) is 0. The molecule has 1 aromatic heterocycles. The van der Waals surface area contributed by atoms with Gasteiger partial charge in [-0.15, -0.1) is 0 Å². The Labute approximate surface area is 177 Å². The molecule has 0 radical (unpaired) electrons. The number of amides is 2. The van der Waals surface area contributed by atoms with Crippen molar-refractivity contribution in [2.75, 3.05) is 6.61 Å². The van der Waals surface area contributed by atoms with E-state index in [1.54, 1.807) is 30.6 Å². The molecule has 7 heteroatoms. The number of nitrogens with zero attached hydrogens (tertiary/aromatic N) is 3. The minimum atomic E-state index is -1.13. The lowest BCUT2D eigenvalue weighted by Gasteiger charge is -2.23. The van der Waals surface area contributed by atoms with Crippen molar-refractivity contribution in [2.45, 2.75) is 45.4 Å². The average Bonchev–Trinajstić information content (AvgIpc) is 3.23. The van der Waals surface area contributed by atoms with Crippen LogP contribution in [0, 0.1) is 0 Å². The highest BCUT2D eigenvalue weighted by Gasteiger charge is 2.38. The van der Waals surface area contributed by atoms with Crippen LogP contribution < -0.4 is 0 Å². The van der Waals surface area contributed by atoms with E-state index in [0.717, 1.165) is 29.2 Å². The summed E-state index contributed by atoms with van der Waals surface area (Å²) in [7, 11) is -1.13. The lowest BCUT2D eigenvalue weighted by molar-refractivity contribution is 0.0595. The van der Waals surface area contributed by atoms with Crippen molar-refractivity contribution in [1.82, 2.24) is 14.5 Å². The summed E-state index contributed by atoms with van der Waals surface area (Å²) in [5.41, 5.74) is 3.62. The van der Waals surface area contributed by atoms with Crippen molar-refractivity contribution in [3.05, 3.63) is 65.5 Å². The Morgan fingerprint density at radius 3 is 2.33 bits per heavy atom. The number of aromatic nitrogens is 2. The van der Waals surface area contributed by atoms with Gasteiger partial charge in [-0.05, 0) is 42.8 Å². The van der Waals surface area contributed by atoms with E-state index < -0.39 is 8.07 Å². The molecule has 30 heavy (non-hydrogen) atoms. The lowest BCUT2D eigenvalue weighted by Crippen LogP contribution is -2.32. The molecule has 1 unspecified atom stereocenters. The fourth-order valence-electron chi connectivity index (χ4n) is 3.69. The van der Waals surface area contributed by atoms with Gasteiger partial charge in [0.2, 0.25) is 0 Å². The zero-order valence-electron chi connectivity index (χ0n) is 17.9. The topological polar surface area (TPSA) is 64.4 Å². The molecule has 0 saturated heterocycles. The minimum Gasteiger partial charge on any atom is -0.361 e. The summed E-state index contributed by atoms with van der Waals surface area (Å²) in [6.45, 7) is 10.0. The van der Waals surface area contributed by atoms with Gasteiger partial charge >= 0.3 is 0 Å². The number of hydrogen-bond acceptors (Lipinski definition) is 4. The van der Waals surface area contributed by atoms with Crippen molar-refractivity contribution in [1.29, 1.82) is 0 Å². The summed E-state index contributed by atoms with van der Waals surface area (Å²) >= 11 is 0. The van der Waals surface area contributed by atoms with Gasteiger partial charge < -0.3 is 9.30 Å². The molecule has 6 nitrogen and oxygen atoms in total. The van der Waals surface area contributed by atoms with Gasteiger partial charge in [-0.25, -0.2) is 4.98 Å². The Kier molecular flexibility index (Phi) is 5.34. The molecule has 0 spiro atoms. The molecule has 0 bridgehead atoms. The normalized spacial score (nSPS) is 15.1. The van der Waals surface area contributed by atoms with E-state index in [1.807, 2.05) is 29.7 Å². The van der Waals surface area contributed by atoms with Crippen molar-refractivity contribution in [3.8, 4) is 0 Å². The maximum absolute atomic E-state index is 12.8. The molecule has 156 valence electrons. The highest BCUT2D eigenvalue weighted by Crippen LogP contribution is 2.32. The van der Waals surface area contributed by atoms with Gasteiger partial charge in [0.05, 0.1) is 34.5 Å². The van der Waals surface area contributed by atoms with Crippen LogP contribution in [0.25, 0.3) is 11.0 Å². The molecule has 0 N–H and O–H groups in total. The van der Waals surface area contributed by atoms with Crippen LogP contribution in [-0.2, 0) is 11.5 Å². The molecule has 1 aliphatic heterocycles. The quantitative estimate of drug-likeness (QED) is 0.315. The van der Waals surface area contributed by atoms with E-state index in [-0.39, 0.29) is 17.9 Å². The van der Waals surface area contributed by atoms with Gasteiger partial charge in [0.15, 0.2) is 0 Å². The molecule has 0 aliphatic carbocycles. The predicted molar refractivity (Wildman–Crippen MR) is 119 cm³/mol. The number of hydrogen-bond donors (Lipinski definition) is 0. The van der Waals surface area contributed by atoms with Gasteiger partial charge in [-0.2, -0.15) is 0 Å². The second-order valence-electron chi connectivity index (χ2n) is 9.01. The molecule has 2 amide bonds. The van der Waals surface area contributed by atoms with Crippen LogP contribution >= 0.6 is 0 Å². The molecule has 1 aliphatic rings. The van der Waals surface area contributed by atoms with E-state index >= 15 is 0 Å². The van der Waals surface area contributed by atoms with Gasteiger partial charge in [-0.1, -0.05) is 37.8 Å². The number of carbonyl (C=O) groups excluding carboxylic acids is 2. The van der Waals surface area contributed by atoms with Gasteiger partial charge in [0, 0.05) is 14.7 Å². The molecule has 2 aromatic carbocycles. The SMILES string of the molecule is CC(c1ccc2ncn(COCC[Si](C)(C)C)c2c1)N1C(=O)c2ccccc2C1=O. The smallest absolute Gasteiger partial charge is 0.262 e. The summed E-state index contributed by atoms with van der Waals surface area (Å²) in [6.07, 6.45) is 1.77. The first-order chi connectivity index (χ1) is 14.3. The Morgan fingerprint density at radius 1 is 1.03 bits per heavy atom. The zero-order valence-corrected chi connectivity index (χ0v) is 18.9. The van der Waals surface area contributed by atoms with Crippen LogP contribution in [0.15, 0.2) is 48.8 Å². The number of imide groups is 1. The summed E-state index contributed by atoms with van der Waals surface area (Å²) in [5.74, 6) is -0.488. The highest BCUT2D eigenvalue weighted by atomic mass is 28.3. The van der Waals surface area contributed by atoms with E-state index in [4.69, 9.17) is 4.74 Å². The number of imidazole rings is 1. The summed E-state index contributed by atoms with van der Waals surface area (Å²) in [6, 6.07) is 13.6. The average molecular weight is 422 g/mol. The van der Waals surface area contributed by atoms with E-state index in [1.165, 1.54) is 4.90 Å². The number of rotatable bonds is 7. The van der Waals surface area contributed by atoms with Crippen molar-refractivity contribution >= 4 is 30.9 Å². The molecule has 3 aromatic rings. The third kappa shape index (κ3) is 3.82. The molecular formula is C23H27N3O3Si. The van der Waals surface area contributed by atoms with Gasteiger partial charge in [-0.3, -0.25) is 14.5 Å². The zero-order chi connectivity index (χ0) is 21.5. The number of carbonyl (C=O) groups is 2. The van der Waals surface area contributed by atoms with Crippen LogP contribution in [0.5, 0.6) is 0 Å². The first-order valence-electron chi connectivity index (χ1n) is 10.3. The van der Waals surface area contributed by atoms with E-state index in [0.29, 0.717) is 17.9 Å². The molecule has 4 rings (SSSR count). The number of fused-ring (bicyclic) bond motifs is 2. The molecular weight excluding hydrogens is 394 g/mol. The van der Waals surface area contributed by atoms with Crippen molar-refractivity contribution in [2.24, 2.45) is 0 Å². The monoisotopic (exact) mass is 421 g/mol. The van der Waals surface area contributed by atoms with Gasteiger partial charge in [0.1, 0.15) is 6.73 Å². The van der Waals surface area contributed by atoms with Gasteiger partial charge in [0.25, 0.3) is 11.8 Å². The number of benzene rings is 2. The fourth-order valence-corrected chi connectivity index (χ4v) is 4.44. The van der Waals surface area contributed by atoms with Crippen LogP contribution in [0.2, 0.25) is 25.7 Å². The highest BCUT2D eigenvalue weighted by molar-refractivity contribution is 6.76. The van der Waals surface area contributed by atoms with E-state index in [9.17, 15) is 9.59 Å². The summed E-state index contributed by atoms with van der Waals surface area (Å²) in [4.78, 5) is 31.5. The minimum absolute atomic E-state index is 0.244. The Hall–Kier alpha value is -2.77. The Bertz CT molecular complexity index is 1080. The second-order valence-corrected chi connectivity index (χ2v) is 14.6. The number of ether oxygens (including phenoxy) is 1. The van der Waals surface area contributed by atoms with Crippen LogP contribution in [-0.4, -0.2) is 40.9 Å². The van der Waals surface area contributed by atoms with Crippen LogP contribution in [0.1, 0.15) is 39.2 Å². The van der Waals surface area contributed by atoms with Crippen LogP contribution in [0.4, 0.5) is 0 Å². The second kappa shape index (κ2) is 7.81. The van der Waals surface area contributed by atoms with E-state index in [2.05, 4.69) is 24.6 Å². The standard InChI is InChI=1S/C23H27N3O3Si/c1-16(26-22(27)18-7-5-6-8-19(18)23(26)28)17-9-10-20-21(13-17)25(14-24-20)15-29-11-12-30(2,3)4/h5-10,13-14,16H,11-12,15H2,1-4H3. The Morgan fingerprint density at radius 2 is 1.70 bits per heavy atom. The summed E-state index contributed by atoms with van der Waals surface area (Å²) < 4.78 is 7.85.